The quantitative estimate of drug-likeness (QED) is 0.615. The van der Waals surface area contributed by atoms with Crippen molar-refractivity contribution in [1.29, 1.82) is 0 Å². The number of hydrogen-bond donors (Lipinski definition) is 3. The number of benzene rings is 1. The molecule has 0 spiro atoms. The second kappa shape index (κ2) is 9.81. The predicted molar refractivity (Wildman–Crippen MR) is 95.4 cm³/mol. The molecule has 0 unspecified atom stereocenters. The molecule has 11 heteroatoms. The molecule has 4 amide bonds. The van der Waals surface area contributed by atoms with Gasteiger partial charge in [-0.25, -0.2) is 4.79 Å². The summed E-state index contributed by atoms with van der Waals surface area (Å²) in [4.78, 5) is 36.7. The number of nitrogens with two attached hydrogens (primary N) is 1. The monoisotopic (exact) mass is 404 g/mol. The molecule has 0 fully saturated rings. The summed E-state index contributed by atoms with van der Waals surface area (Å²) < 4.78 is 40.1. The number of nitrogens with zero attached hydrogens (tertiary/aromatic N) is 1. The van der Waals surface area contributed by atoms with Gasteiger partial charge in [0.1, 0.15) is 11.8 Å². The van der Waals surface area contributed by atoms with E-state index in [1.54, 1.807) is 0 Å². The molecule has 1 aromatic carbocycles. The molecule has 0 bridgehead atoms. The highest BCUT2D eigenvalue weighted by molar-refractivity contribution is 5.95. The predicted octanol–water partition coefficient (Wildman–Crippen LogP) is 2.07. The van der Waals surface area contributed by atoms with E-state index in [1.165, 1.54) is 19.2 Å². The van der Waals surface area contributed by atoms with E-state index in [4.69, 9.17) is 5.73 Å². The molecule has 4 N–H and O–H groups in total. The lowest BCUT2D eigenvalue weighted by molar-refractivity contribution is -0.274. The Kier molecular flexibility index (Phi) is 8.08. The van der Waals surface area contributed by atoms with Gasteiger partial charge in [-0.2, -0.15) is 0 Å². The Hall–Kier alpha value is -2.98. The molecule has 0 radical (unpaired) electrons. The topological polar surface area (TPSA) is 114 Å². The summed E-state index contributed by atoms with van der Waals surface area (Å²) in [5.41, 5.74) is 5.31. The van der Waals surface area contributed by atoms with Crippen LogP contribution in [-0.4, -0.2) is 48.7 Å². The summed E-state index contributed by atoms with van der Waals surface area (Å²) in [5, 5.41) is 4.81. The van der Waals surface area contributed by atoms with E-state index in [0.717, 1.165) is 17.0 Å². The van der Waals surface area contributed by atoms with E-state index < -0.39 is 36.0 Å². The minimum absolute atomic E-state index is 0.0976. The zero-order valence-corrected chi connectivity index (χ0v) is 15.7. The van der Waals surface area contributed by atoms with Crippen molar-refractivity contribution in [3.63, 3.8) is 0 Å². The van der Waals surface area contributed by atoms with Crippen molar-refractivity contribution < 1.29 is 32.3 Å². The molecule has 156 valence electrons. The lowest BCUT2D eigenvalue weighted by Gasteiger charge is -2.24. The van der Waals surface area contributed by atoms with Crippen LogP contribution in [0.5, 0.6) is 5.75 Å². The number of carbonyl (C=O) groups excluding carboxylic acids is 3. The summed E-state index contributed by atoms with van der Waals surface area (Å²) >= 11 is 0. The van der Waals surface area contributed by atoms with Crippen molar-refractivity contribution in [3.05, 3.63) is 24.3 Å². The molecule has 0 aliphatic carbocycles. The minimum Gasteiger partial charge on any atom is -0.406 e. The van der Waals surface area contributed by atoms with Crippen molar-refractivity contribution in [2.75, 3.05) is 18.9 Å². The number of ether oxygens (including phenoxy) is 1. The van der Waals surface area contributed by atoms with Crippen LogP contribution in [0.1, 0.15) is 20.3 Å². The summed E-state index contributed by atoms with van der Waals surface area (Å²) in [7, 11) is 1.39. The first-order valence-corrected chi connectivity index (χ1v) is 8.34. The highest BCUT2D eigenvalue weighted by Gasteiger charge is 2.31. The molecule has 28 heavy (non-hydrogen) atoms. The Morgan fingerprint density at radius 2 is 1.75 bits per heavy atom. The van der Waals surface area contributed by atoms with Crippen molar-refractivity contribution in [1.82, 2.24) is 10.2 Å². The number of hydrogen-bond acceptors (Lipinski definition) is 4. The van der Waals surface area contributed by atoms with Gasteiger partial charge in [0.15, 0.2) is 0 Å². The summed E-state index contributed by atoms with van der Waals surface area (Å²) in [6.07, 6.45) is -4.46. The SMILES string of the molecule is CC(C)C[C@@H](NC(N)=O)C(=O)N(C)CC(=O)Nc1ccc(OC(F)(F)F)cc1. The van der Waals surface area contributed by atoms with E-state index >= 15 is 0 Å². The van der Waals surface area contributed by atoms with Gasteiger partial charge < -0.3 is 26.0 Å². The Morgan fingerprint density at radius 3 is 2.21 bits per heavy atom. The fourth-order valence-electron chi connectivity index (χ4n) is 2.36. The molecular weight excluding hydrogens is 381 g/mol. The molecule has 0 heterocycles. The number of amides is 4. The number of alkyl halides is 3. The van der Waals surface area contributed by atoms with Crippen LogP contribution in [0.25, 0.3) is 0 Å². The number of urea groups is 1. The molecule has 0 aliphatic heterocycles. The Labute approximate surface area is 160 Å². The number of primary amides is 1. The van der Waals surface area contributed by atoms with Gasteiger partial charge in [0.05, 0.1) is 6.54 Å². The number of nitrogens with one attached hydrogen (secondary N) is 2. The van der Waals surface area contributed by atoms with Crippen LogP contribution in [0.2, 0.25) is 0 Å². The summed E-state index contributed by atoms with van der Waals surface area (Å²) in [6.45, 7) is 3.40. The zero-order valence-electron chi connectivity index (χ0n) is 15.7. The van der Waals surface area contributed by atoms with Crippen molar-refractivity contribution >= 4 is 23.5 Å². The first-order valence-electron chi connectivity index (χ1n) is 8.34. The van der Waals surface area contributed by atoms with Gasteiger partial charge in [-0.05, 0) is 36.6 Å². The molecule has 1 aromatic rings. The Balaban J connectivity index is 2.65. The summed E-state index contributed by atoms with van der Waals surface area (Å²) in [6, 6.07) is 2.85. The fourth-order valence-corrected chi connectivity index (χ4v) is 2.36. The molecule has 1 rings (SSSR count). The number of halogens is 3. The van der Waals surface area contributed by atoms with Crippen molar-refractivity contribution in [2.24, 2.45) is 11.7 Å². The Bertz CT molecular complexity index is 693. The fraction of sp³-hybridized carbons (Fsp3) is 0.471. The third-order valence-electron chi connectivity index (χ3n) is 3.45. The van der Waals surface area contributed by atoms with Crippen molar-refractivity contribution in [2.45, 2.75) is 32.7 Å². The highest BCUT2D eigenvalue weighted by atomic mass is 19.4. The van der Waals surface area contributed by atoms with Gasteiger partial charge in [0, 0.05) is 12.7 Å². The largest absolute Gasteiger partial charge is 0.573 e. The van der Waals surface area contributed by atoms with Gasteiger partial charge in [0.25, 0.3) is 0 Å². The average Bonchev–Trinajstić information content (AvgIpc) is 2.53. The molecule has 0 saturated heterocycles. The third-order valence-corrected chi connectivity index (χ3v) is 3.45. The van der Waals surface area contributed by atoms with Crippen molar-refractivity contribution in [3.8, 4) is 5.75 Å². The molecule has 0 aromatic heterocycles. The highest BCUT2D eigenvalue weighted by Crippen LogP contribution is 2.23. The third kappa shape index (κ3) is 8.60. The van der Waals surface area contributed by atoms with E-state index in [2.05, 4.69) is 15.4 Å². The van der Waals surface area contributed by atoms with Gasteiger partial charge in [0.2, 0.25) is 11.8 Å². The van der Waals surface area contributed by atoms with Gasteiger partial charge in [-0.3, -0.25) is 9.59 Å². The second-order valence-corrected chi connectivity index (χ2v) is 6.51. The van der Waals surface area contributed by atoms with E-state index in [9.17, 15) is 27.6 Å². The first kappa shape index (κ1) is 23.1. The van der Waals surface area contributed by atoms with E-state index in [-0.39, 0.29) is 18.2 Å². The smallest absolute Gasteiger partial charge is 0.406 e. The number of anilines is 1. The minimum atomic E-state index is -4.81. The first-order chi connectivity index (χ1) is 12.9. The lowest BCUT2D eigenvalue weighted by Crippen LogP contribution is -2.50. The maximum atomic E-state index is 12.4. The maximum Gasteiger partial charge on any atom is 0.573 e. The van der Waals surface area contributed by atoms with Crippen LogP contribution >= 0.6 is 0 Å². The van der Waals surface area contributed by atoms with Crippen LogP contribution in [-0.2, 0) is 9.59 Å². The van der Waals surface area contributed by atoms with E-state index in [0.29, 0.717) is 6.42 Å². The molecule has 0 saturated carbocycles. The molecule has 0 aliphatic rings. The molecular formula is C17H23F3N4O4. The number of carbonyl (C=O) groups is 3. The molecule has 8 nitrogen and oxygen atoms in total. The number of rotatable bonds is 8. The van der Waals surface area contributed by atoms with Gasteiger partial charge in [-0.1, -0.05) is 13.8 Å². The zero-order chi connectivity index (χ0) is 21.5. The number of likely N-dealkylation sites (N-methyl/N-ethyl adjacent to an activating group) is 1. The van der Waals surface area contributed by atoms with Crippen LogP contribution in [0.4, 0.5) is 23.7 Å². The van der Waals surface area contributed by atoms with Crippen LogP contribution in [0.15, 0.2) is 24.3 Å². The van der Waals surface area contributed by atoms with Gasteiger partial charge in [-0.15, -0.1) is 13.2 Å². The standard InChI is InChI=1S/C17H23F3N4O4/c1-10(2)8-13(23-16(21)27)15(26)24(3)9-14(25)22-11-4-6-12(7-5-11)28-17(18,19)20/h4-7,10,13H,8-9H2,1-3H3,(H,22,25)(H3,21,23,27)/t13-/m1/s1. The second-order valence-electron chi connectivity index (χ2n) is 6.51. The van der Waals surface area contributed by atoms with Crippen LogP contribution in [0.3, 0.4) is 0 Å². The van der Waals surface area contributed by atoms with E-state index in [1.807, 2.05) is 13.8 Å². The van der Waals surface area contributed by atoms with Gasteiger partial charge >= 0.3 is 12.4 Å². The van der Waals surface area contributed by atoms with Crippen LogP contribution in [0, 0.1) is 5.92 Å². The maximum absolute atomic E-state index is 12.4. The van der Waals surface area contributed by atoms with Crippen LogP contribution < -0.4 is 21.1 Å². The normalized spacial score (nSPS) is 12.2. The average molecular weight is 404 g/mol. The lowest BCUT2D eigenvalue weighted by atomic mass is 10.0. The molecule has 1 atom stereocenters. The summed E-state index contributed by atoms with van der Waals surface area (Å²) in [5.74, 6) is -1.38. The Morgan fingerprint density at radius 1 is 1.18 bits per heavy atom.